The van der Waals surface area contributed by atoms with E-state index in [0.717, 1.165) is 12.1 Å². The van der Waals surface area contributed by atoms with E-state index in [-0.39, 0.29) is 23.5 Å². The van der Waals surface area contributed by atoms with Gasteiger partial charge in [0.05, 0.1) is 5.56 Å². The molecule has 0 aliphatic carbocycles. The third kappa shape index (κ3) is 6.64. The van der Waals surface area contributed by atoms with Gasteiger partial charge in [-0.2, -0.15) is 22.0 Å². The molecule has 0 heterocycles. The van der Waals surface area contributed by atoms with Gasteiger partial charge in [0.1, 0.15) is 18.4 Å². The average Bonchev–Trinajstić information content (AvgIpc) is 3.03. The van der Waals surface area contributed by atoms with Crippen LogP contribution in [-0.4, -0.2) is 29.2 Å². The summed E-state index contributed by atoms with van der Waals surface area (Å²) in [6.45, 7) is -0.273. The number of ether oxygens (including phenoxy) is 1. The largest absolute Gasteiger partial charge is 0.487 e. The summed E-state index contributed by atoms with van der Waals surface area (Å²) >= 11 is 0. The minimum atomic E-state index is -5.75. The van der Waals surface area contributed by atoms with E-state index in [1.807, 2.05) is 0 Å². The number of hydrogen-bond donors (Lipinski definition) is 2. The number of alkyl halides is 5. The second-order valence-electron chi connectivity index (χ2n) is 10.3. The zero-order valence-electron chi connectivity index (χ0n) is 23.5. The molecule has 0 aromatic heterocycles. The molecule has 0 spiro atoms. The first-order chi connectivity index (χ1) is 21.5. The van der Waals surface area contributed by atoms with Crippen LogP contribution in [0.15, 0.2) is 121 Å². The monoisotopic (exact) mass is 619 g/mol. The van der Waals surface area contributed by atoms with Gasteiger partial charge in [0, 0.05) is 16.9 Å². The minimum Gasteiger partial charge on any atom is -0.487 e. The highest BCUT2D eigenvalue weighted by molar-refractivity contribution is 6.05. The number of amides is 1. The second-order valence-corrected chi connectivity index (χ2v) is 10.3. The minimum absolute atomic E-state index is 0.0139. The van der Waals surface area contributed by atoms with Gasteiger partial charge < -0.3 is 15.2 Å². The fourth-order valence-corrected chi connectivity index (χ4v) is 5.11. The molecule has 0 fully saturated rings. The number of nitrogens with one attached hydrogen (secondary N) is 1. The smallest absolute Gasteiger partial charge is 0.458 e. The summed E-state index contributed by atoms with van der Waals surface area (Å²) in [5.41, 5.74) is 0.416. The zero-order valence-corrected chi connectivity index (χ0v) is 23.5. The lowest BCUT2D eigenvalue weighted by atomic mass is 9.84. The Bertz CT molecular complexity index is 1750. The predicted octanol–water partition coefficient (Wildman–Crippen LogP) is 8.09. The lowest BCUT2D eigenvalue weighted by molar-refractivity contribution is -0.289. The topological polar surface area (TPSA) is 75.6 Å². The number of halogens is 5. The van der Waals surface area contributed by atoms with E-state index in [1.54, 1.807) is 91.0 Å². The van der Waals surface area contributed by atoms with Gasteiger partial charge in [-0.05, 0) is 28.1 Å². The van der Waals surface area contributed by atoms with Crippen molar-refractivity contribution >= 4 is 22.6 Å². The molecule has 5 aromatic rings. The van der Waals surface area contributed by atoms with E-state index in [1.165, 1.54) is 6.07 Å². The number of carbonyl (C=O) groups is 2. The van der Waals surface area contributed by atoms with Crippen LogP contribution in [0.3, 0.4) is 0 Å². The van der Waals surface area contributed by atoms with Crippen LogP contribution in [0.1, 0.15) is 38.5 Å². The molecule has 1 amide bonds. The summed E-state index contributed by atoms with van der Waals surface area (Å²) < 4.78 is 71.9. The van der Waals surface area contributed by atoms with Crippen LogP contribution in [0.2, 0.25) is 0 Å². The van der Waals surface area contributed by atoms with Gasteiger partial charge in [-0.25, -0.2) is 4.79 Å². The maximum Gasteiger partial charge on any atom is 0.458 e. The molecule has 0 saturated carbocycles. The molecule has 45 heavy (non-hydrogen) atoms. The Labute approximate surface area is 254 Å². The molecule has 2 N–H and O–H groups in total. The van der Waals surface area contributed by atoms with Crippen LogP contribution in [0.25, 0.3) is 10.8 Å². The molecule has 0 saturated heterocycles. The van der Waals surface area contributed by atoms with Crippen molar-refractivity contribution in [3.05, 3.63) is 149 Å². The third-order valence-corrected chi connectivity index (χ3v) is 7.38. The van der Waals surface area contributed by atoms with Crippen molar-refractivity contribution in [2.45, 2.75) is 30.7 Å². The molecular weight excluding hydrogens is 593 g/mol. The van der Waals surface area contributed by atoms with E-state index in [2.05, 4.69) is 5.32 Å². The number of carboxylic acids is 1. The first kappa shape index (κ1) is 31.2. The van der Waals surface area contributed by atoms with Crippen molar-refractivity contribution < 1.29 is 41.4 Å². The van der Waals surface area contributed by atoms with E-state index >= 15 is 0 Å². The van der Waals surface area contributed by atoms with Crippen molar-refractivity contribution in [1.29, 1.82) is 0 Å². The van der Waals surface area contributed by atoms with Crippen LogP contribution in [-0.2, 0) is 17.3 Å². The van der Waals surface area contributed by atoms with E-state index in [9.17, 15) is 36.6 Å². The van der Waals surface area contributed by atoms with Crippen molar-refractivity contribution in [3.63, 3.8) is 0 Å². The van der Waals surface area contributed by atoms with E-state index in [0.29, 0.717) is 34.0 Å². The Morgan fingerprint density at radius 3 is 1.82 bits per heavy atom. The fourth-order valence-electron chi connectivity index (χ4n) is 5.11. The van der Waals surface area contributed by atoms with Gasteiger partial charge >= 0.3 is 18.1 Å². The van der Waals surface area contributed by atoms with Gasteiger partial charge in [0.25, 0.3) is 5.91 Å². The Morgan fingerprint density at radius 1 is 0.711 bits per heavy atom. The highest BCUT2D eigenvalue weighted by atomic mass is 19.4. The van der Waals surface area contributed by atoms with E-state index in [4.69, 9.17) is 4.74 Å². The maximum absolute atomic E-state index is 13.8. The number of aliphatic carboxylic acids is 1. The Kier molecular flexibility index (Phi) is 8.85. The number of fused-ring (bicyclic) bond motifs is 1. The summed E-state index contributed by atoms with van der Waals surface area (Å²) in [6.07, 6.45) is -5.75. The Hall–Kier alpha value is -5.25. The zero-order chi connectivity index (χ0) is 32.2. The third-order valence-electron chi connectivity index (χ3n) is 7.38. The molecule has 0 aliphatic rings. The van der Waals surface area contributed by atoms with Crippen LogP contribution >= 0.6 is 0 Å². The summed E-state index contributed by atoms with van der Waals surface area (Å²) in [5, 5.41) is 14.2. The molecule has 0 aliphatic heterocycles. The summed E-state index contributed by atoms with van der Waals surface area (Å²) in [7, 11) is 0. The molecule has 10 heteroatoms. The van der Waals surface area contributed by atoms with Crippen LogP contribution in [0.5, 0.6) is 5.75 Å². The molecule has 5 nitrogen and oxygen atoms in total. The Morgan fingerprint density at radius 2 is 1.27 bits per heavy atom. The number of carboxylic acid groups (broad SMARTS) is 1. The van der Waals surface area contributed by atoms with Gasteiger partial charge in [0.2, 0.25) is 0 Å². The molecule has 0 radical (unpaired) electrons. The summed E-state index contributed by atoms with van der Waals surface area (Å²) in [6, 6.07) is 30.1. The predicted molar refractivity (Wildman–Crippen MR) is 158 cm³/mol. The molecule has 1 unspecified atom stereocenters. The first-order valence-electron chi connectivity index (χ1n) is 13.8. The standard InChI is InChI=1S/C35H26F5NO4/c36-34(37,35(38,39)40)26-18-15-22(16-19-26)21-45-31-27-14-8-7-9-23(27)17-20-28(31)32(42)41-30(33(43)44)29(24-10-3-1-4-11-24)25-12-5-2-6-13-25/h1-20,29-30H,21H2,(H,41,42)(H,43,44). The van der Waals surface area contributed by atoms with Crippen LogP contribution in [0, 0.1) is 0 Å². The van der Waals surface area contributed by atoms with Crippen molar-refractivity contribution in [3.8, 4) is 5.75 Å². The van der Waals surface area contributed by atoms with E-state index < -0.39 is 41.5 Å². The van der Waals surface area contributed by atoms with Gasteiger partial charge in [-0.3, -0.25) is 4.79 Å². The van der Waals surface area contributed by atoms with Gasteiger partial charge in [-0.1, -0.05) is 115 Å². The maximum atomic E-state index is 13.8. The molecule has 230 valence electrons. The van der Waals surface area contributed by atoms with Gasteiger partial charge in [-0.15, -0.1) is 0 Å². The Balaban J connectivity index is 1.47. The highest BCUT2D eigenvalue weighted by Crippen LogP contribution is 2.44. The quantitative estimate of drug-likeness (QED) is 0.155. The average molecular weight is 620 g/mol. The second kappa shape index (κ2) is 12.8. The molecule has 5 rings (SSSR count). The number of hydrogen-bond acceptors (Lipinski definition) is 3. The van der Waals surface area contributed by atoms with Crippen molar-refractivity contribution in [2.75, 3.05) is 0 Å². The summed E-state index contributed by atoms with van der Waals surface area (Å²) in [4.78, 5) is 26.5. The lowest BCUT2D eigenvalue weighted by Gasteiger charge is -2.26. The summed E-state index contributed by atoms with van der Waals surface area (Å²) in [5.74, 6) is -7.67. The van der Waals surface area contributed by atoms with Crippen molar-refractivity contribution in [1.82, 2.24) is 5.32 Å². The molecule has 5 aromatic carbocycles. The van der Waals surface area contributed by atoms with Crippen LogP contribution < -0.4 is 10.1 Å². The molecule has 0 bridgehead atoms. The number of benzene rings is 5. The highest BCUT2D eigenvalue weighted by Gasteiger charge is 2.58. The lowest BCUT2D eigenvalue weighted by Crippen LogP contribution is -2.45. The fraction of sp³-hybridized carbons (Fsp3) is 0.143. The first-order valence-corrected chi connectivity index (χ1v) is 13.8. The van der Waals surface area contributed by atoms with Crippen LogP contribution in [0.4, 0.5) is 22.0 Å². The number of rotatable bonds is 10. The van der Waals surface area contributed by atoms with Crippen molar-refractivity contribution in [2.24, 2.45) is 0 Å². The molecular formula is C35H26F5NO4. The SMILES string of the molecule is O=C(NC(C(=O)O)C(c1ccccc1)c1ccccc1)c1ccc2ccccc2c1OCc1ccc(C(F)(F)C(F)(F)F)cc1. The van der Waals surface area contributed by atoms with Gasteiger partial charge in [0.15, 0.2) is 0 Å². The number of carbonyl (C=O) groups excluding carboxylic acids is 1. The molecule has 1 atom stereocenters. The normalized spacial score (nSPS) is 12.6.